The molecule has 3 aromatic rings. The Labute approximate surface area is 229 Å². The van der Waals surface area contributed by atoms with Gasteiger partial charge in [0.05, 0.1) is 16.5 Å². The van der Waals surface area contributed by atoms with Gasteiger partial charge in [0.1, 0.15) is 16.0 Å². The minimum Gasteiger partial charge on any atom is -0.465 e. The van der Waals surface area contributed by atoms with Crippen LogP contribution in [0.15, 0.2) is 54.6 Å². The number of carboxylic acid groups (broad SMARTS) is 1. The molecule has 8 nitrogen and oxygen atoms in total. The Morgan fingerprint density at radius 2 is 1.50 bits per heavy atom. The highest BCUT2D eigenvalue weighted by Crippen LogP contribution is 2.65. The summed E-state index contributed by atoms with van der Waals surface area (Å²) >= 11 is 31.1. The third-order valence-corrected chi connectivity index (χ3v) is 6.99. The van der Waals surface area contributed by atoms with Gasteiger partial charge in [0.15, 0.2) is 0 Å². The van der Waals surface area contributed by atoms with Crippen LogP contribution in [0.3, 0.4) is 0 Å². The molecule has 1 fully saturated rings. The Hall–Kier alpha value is -2.75. The fraction of sp³-hybridized carbons (Fsp3) is 0.130. The molecule has 0 bridgehead atoms. The van der Waals surface area contributed by atoms with Crippen LogP contribution in [-0.2, 0) is 4.79 Å². The quantitative estimate of drug-likeness (QED) is 0.233. The number of alkyl halides is 2. The van der Waals surface area contributed by atoms with E-state index < -0.39 is 34.1 Å². The first kappa shape index (κ1) is 26.3. The van der Waals surface area contributed by atoms with Gasteiger partial charge >= 0.3 is 6.09 Å². The largest absolute Gasteiger partial charge is 0.465 e. The number of pyridine rings is 1. The molecular weight excluding hydrogens is 574 g/mol. The van der Waals surface area contributed by atoms with E-state index in [1.807, 2.05) is 0 Å². The second kappa shape index (κ2) is 10.3. The molecule has 0 unspecified atom stereocenters. The number of hydrogen-bond donors (Lipinski definition) is 4. The first-order valence-corrected chi connectivity index (χ1v) is 12.1. The van der Waals surface area contributed by atoms with E-state index in [1.54, 1.807) is 18.2 Å². The highest BCUT2D eigenvalue weighted by molar-refractivity contribution is 6.53. The highest BCUT2D eigenvalue weighted by Gasteiger charge is 2.67. The molecule has 1 aliphatic rings. The maximum absolute atomic E-state index is 13.0. The molecule has 36 heavy (non-hydrogen) atoms. The minimum atomic E-state index is -1.37. The summed E-state index contributed by atoms with van der Waals surface area (Å²) in [7, 11) is 0. The molecule has 2 atom stereocenters. The van der Waals surface area contributed by atoms with E-state index in [1.165, 1.54) is 36.4 Å². The minimum absolute atomic E-state index is 0.0259. The monoisotopic (exact) mass is 586 g/mol. The lowest BCUT2D eigenvalue weighted by atomic mass is 10.1. The van der Waals surface area contributed by atoms with Crippen LogP contribution in [0.1, 0.15) is 21.8 Å². The number of hydrogen-bond acceptors (Lipinski definition) is 4. The van der Waals surface area contributed by atoms with E-state index in [0.717, 1.165) is 0 Å². The maximum Gasteiger partial charge on any atom is 0.410 e. The Morgan fingerprint density at radius 3 is 2.14 bits per heavy atom. The van der Waals surface area contributed by atoms with E-state index in [2.05, 4.69) is 20.9 Å². The number of carbonyl (C=O) groups is 3. The number of anilines is 3. The molecule has 13 heteroatoms. The number of benzene rings is 2. The van der Waals surface area contributed by atoms with Gasteiger partial charge in [0.25, 0.3) is 5.91 Å². The number of rotatable bonds is 6. The van der Waals surface area contributed by atoms with Crippen molar-refractivity contribution >= 4 is 93.2 Å². The van der Waals surface area contributed by atoms with Crippen molar-refractivity contribution < 1.29 is 19.5 Å². The summed E-state index contributed by atoms with van der Waals surface area (Å²) in [6, 6.07) is 13.6. The van der Waals surface area contributed by atoms with Gasteiger partial charge in [-0.05, 0) is 54.1 Å². The molecule has 0 radical (unpaired) electrons. The standard InChI is InChI=1S/C23H15Cl5N4O4/c24-11-6-10(7-12(25)8-11)18-19(23(18,27)28)21(34)29-13-4-5-15(26)14(9-13)20(33)31-16-2-1-3-17(30-16)32-22(35)36/h1-9,18-19H,(H,29,34)(H,35,36)(H2,30,31,32,33)/t18-,19+/m1/s1. The van der Waals surface area contributed by atoms with Gasteiger partial charge in [0, 0.05) is 21.7 Å². The summed E-state index contributed by atoms with van der Waals surface area (Å²) in [5.74, 6) is -2.31. The molecular formula is C23H15Cl5N4O4. The van der Waals surface area contributed by atoms with Crippen LogP contribution < -0.4 is 16.0 Å². The van der Waals surface area contributed by atoms with E-state index in [0.29, 0.717) is 15.6 Å². The number of amides is 3. The third-order valence-electron chi connectivity index (χ3n) is 5.28. The number of aromatic nitrogens is 1. The molecule has 1 aliphatic carbocycles. The molecule has 0 spiro atoms. The average Bonchev–Trinajstić information content (AvgIpc) is 3.36. The van der Waals surface area contributed by atoms with E-state index in [4.69, 9.17) is 63.1 Å². The van der Waals surface area contributed by atoms with Crippen molar-refractivity contribution in [3.8, 4) is 0 Å². The Kier molecular flexibility index (Phi) is 7.54. The lowest BCUT2D eigenvalue weighted by Crippen LogP contribution is -2.18. The summed E-state index contributed by atoms with van der Waals surface area (Å²) in [6.45, 7) is 0. The smallest absolute Gasteiger partial charge is 0.410 e. The van der Waals surface area contributed by atoms with Gasteiger partial charge in [0.2, 0.25) is 5.91 Å². The zero-order valence-corrected chi connectivity index (χ0v) is 21.6. The zero-order valence-electron chi connectivity index (χ0n) is 17.9. The van der Waals surface area contributed by atoms with Crippen molar-refractivity contribution in [3.05, 3.63) is 80.8 Å². The van der Waals surface area contributed by atoms with Crippen molar-refractivity contribution in [1.29, 1.82) is 0 Å². The van der Waals surface area contributed by atoms with Crippen LogP contribution in [0.25, 0.3) is 0 Å². The summed E-state index contributed by atoms with van der Waals surface area (Å²) < 4.78 is -1.37. The molecule has 186 valence electrons. The predicted octanol–water partition coefficient (Wildman–Crippen LogP) is 6.91. The summed E-state index contributed by atoms with van der Waals surface area (Å²) in [6.07, 6.45) is -1.30. The lowest BCUT2D eigenvalue weighted by molar-refractivity contribution is -0.117. The van der Waals surface area contributed by atoms with Crippen LogP contribution in [0.4, 0.5) is 22.1 Å². The van der Waals surface area contributed by atoms with E-state index in [-0.39, 0.29) is 27.9 Å². The van der Waals surface area contributed by atoms with Crippen molar-refractivity contribution in [2.24, 2.45) is 5.92 Å². The van der Waals surface area contributed by atoms with E-state index in [9.17, 15) is 14.4 Å². The van der Waals surface area contributed by atoms with Crippen molar-refractivity contribution in [1.82, 2.24) is 4.98 Å². The van der Waals surface area contributed by atoms with Crippen LogP contribution in [0, 0.1) is 5.92 Å². The SMILES string of the molecule is O=C(O)Nc1cccc(NC(=O)c2cc(NC(=O)[C@@H]3[C@@H](c4cc(Cl)cc(Cl)c4)C3(Cl)Cl)ccc2Cl)n1. The van der Waals surface area contributed by atoms with Crippen LogP contribution in [0.2, 0.25) is 15.1 Å². The highest BCUT2D eigenvalue weighted by atomic mass is 35.5. The van der Waals surface area contributed by atoms with Gasteiger partial charge in [-0.15, -0.1) is 23.2 Å². The Balaban J connectivity index is 1.49. The summed E-state index contributed by atoms with van der Waals surface area (Å²) in [5, 5.41) is 17.0. The number of nitrogens with one attached hydrogen (secondary N) is 3. The fourth-order valence-electron chi connectivity index (χ4n) is 3.69. The van der Waals surface area contributed by atoms with E-state index >= 15 is 0 Å². The van der Waals surface area contributed by atoms with Gasteiger partial charge in [-0.25, -0.2) is 9.78 Å². The average molecular weight is 589 g/mol. The van der Waals surface area contributed by atoms with Crippen molar-refractivity contribution in [2.45, 2.75) is 10.3 Å². The molecule has 3 amide bonds. The molecule has 4 rings (SSSR count). The molecule has 0 aliphatic heterocycles. The van der Waals surface area contributed by atoms with Crippen LogP contribution >= 0.6 is 58.0 Å². The normalized spacial score (nSPS) is 17.7. The molecule has 1 aromatic heterocycles. The summed E-state index contributed by atoms with van der Waals surface area (Å²) in [5.41, 5.74) is 0.952. The second-order valence-electron chi connectivity index (χ2n) is 7.81. The molecule has 4 N–H and O–H groups in total. The maximum atomic E-state index is 13.0. The predicted molar refractivity (Wildman–Crippen MR) is 141 cm³/mol. The molecule has 2 aromatic carbocycles. The number of carbonyl (C=O) groups excluding carboxylic acids is 2. The van der Waals surface area contributed by atoms with Crippen molar-refractivity contribution in [3.63, 3.8) is 0 Å². The van der Waals surface area contributed by atoms with Gasteiger partial charge in [-0.2, -0.15) is 0 Å². The Morgan fingerprint density at radius 1 is 0.861 bits per heavy atom. The number of nitrogens with zero attached hydrogens (tertiary/aromatic N) is 1. The molecule has 1 heterocycles. The summed E-state index contributed by atoms with van der Waals surface area (Å²) in [4.78, 5) is 40.6. The van der Waals surface area contributed by atoms with Crippen LogP contribution in [-0.4, -0.2) is 32.3 Å². The van der Waals surface area contributed by atoms with Gasteiger partial charge in [-0.3, -0.25) is 14.9 Å². The lowest BCUT2D eigenvalue weighted by Gasteiger charge is -2.10. The fourth-order valence-corrected chi connectivity index (χ4v) is 5.26. The number of halogens is 5. The van der Waals surface area contributed by atoms with Crippen LogP contribution in [0.5, 0.6) is 0 Å². The van der Waals surface area contributed by atoms with Gasteiger partial charge in [-0.1, -0.05) is 40.9 Å². The Bertz CT molecular complexity index is 1360. The zero-order chi connectivity index (χ0) is 26.2. The van der Waals surface area contributed by atoms with Gasteiger partial charge < -0.3 is 15.7 Å². The first-order valence-electron chi connectivity index (χ1n) is 10.2. The molecule has 1 saturated carbocycles. The topological polar surface area (TPSA) is 120 Å². The third kappa shape index (κ3) is 5.79. The molecule has 0 saturated heterocycles. The van der Waals surface area contributed by atoms with Crippen molar-refractivity contribution in [2.75, 3.05) is 16.0 Å². The first-order chi connectivity index (χ1) is 17.0. The second-order valence-corrected chi connectivity index (χ2v) is 10.5.